The van der Waals surface area contributed by atoms with Gasteiger partial charge >= 0.3 is 0 Å². The molecule has 5 nitrogen and oxygen atoms in total. The number of aromatic nitrogens is 2. The maximum Gasteiger partial charge on any atom is 0.191 e. The fourth-order valence-electron chi connectivity index (χ4n) is 2.30. The monoisotopic (exact) mass is 313 g/mol. The van der Waals surface area contributed by atoms with Gasteiger partial charge in [-0.25, -0.2) is 0 Å². The first kappa shape index (κ1) is 17.1. The van der Waals surface area contributed by atoms with Crippen LogP contribution in [-0.4, -0.2) is 29.3 Å². The van der Waals surface area contributed by atoms with E-state index in [9.17, 15) is 0 Å². The minimum absolute atomic E-state index is 0.694. The fraction of sp³-hybridized carbons (Fsp3) is 0.444. The molecule has 2 N–H and O–H groups in total. The van der Waals surface area contributed by atoms with Crippen LogP contribution in [0.15, 0.2) is 47.7 Å². The summed E-state index contributed by atoms with van der Waals surface area (Å²) in [6.07, 6.45) is 4.92. The Labute approximate surface area is 138 Å². The van der Waals surface area contributed by atoms with Crippen molar-refractivity contribution in [1.82, 2.24) is 20.4 Å². The SMILES string of the molecule is CN=C(NCCC(C)C)NCc1cccc(Cn2cccn2)c1. The third-order valence-corrected chi connectivity index (χ3v) is 3.59. The highest BCUT2D eigenvalue weighted by Crippen LogP contribution is 2.07. The van der Waals surface area contributed by atoms with Crippen LogP contribution in [0.4, 0.5) is 0 Å². The molecule has 0 radical (unpaired) electrons. The predicted molar refractivity (Wildman–Crippen MR) is 95.4 cm³/mol. The highest BCUT2D eigenvalue weighted by molar-refractivity contribution is 5.79. The molecule has 0 saturated carbocycles. The van der Waals surface area contributed by atoms with E-state index >= 15 is 0 Å². The van der Waals surface area contributed by atoms with Crippen LogP contribution in [0.2, 0.25) is 0 Å². The van der Waals surface area contributed by atoms with Gasteiger partial charge in [-0.1, -0.05) is 38.1 Å². The van der Waals surface area contributed by atoms with E-state index in [1.54, 1.807) is 13.2 Å². The Hall–Kier alpha value is -2.30. The van der Waals surface area contributed by atoms with Crippen LogP contribution in [0.5, 0.6) is 0 Å². The van der Waals surface area contributed by atoms with Crippen LogP contribution in [0.1, 0.15) is 31.4 Å². The Morgan fingerprint density at radius 3 is 2.74 bits per heavy atom. The molecule has 1 aromatic heterocycles. The molecule has 0 amide bonds. The average molecular weight is 313 g/mol. The molecule has 0 saturated heterocycles. The van der Waals surface area contributed by atoms with E-state index < -0.39 is 0 Å². The first-order chi connectivity index (χ1) is 11.2. The fourth-order valence-corrected chi connectivity index (χ4v) is 2.30. The number of nitrogens with one attached hydrogen (secondary N) is 2. The highest BCUT2D eigenvalue weighted by atomic mass is 15.3. The van der Waals surface area contributed by atoms with E-state index in [2.05, 4.69) is 58.8 Å². The van der Waals surface area contributed by atoms with Crippen molar-refractivity contribution < 1.29 is 0 Å². The van der Waals surface area contributed by atoms with Crippen LogP contribution in [0.25, 0.3) is 0 Å². The lowest BCUT2D eigenvalue weighted by atomic mass is 10.1. The largest absolute Gasteiger partial charge is 0.356 e. The van der Waals surface area contributed by atoms with Gasteiger partial charge < -0.3 is 10.6 Å². The van der Waals surface area contributed by atoms with Gasteiger partial charge in [-0.05, 0) is 29.5 Å². The minimum atomic E-state index is 0.694. The normalized spacial score (nSPS) is 11.7. The molecule has 23 heavy (non-hydrogen) atoms. The van der Waals surface area contributed by atoms with Crippen LogP contribution in [0.3, 0.4) is 0 Å². The molecule has 124 valence electrons. The van der Waals surface area contributed by atoms with E-state index in [-0.39, 0.29) is 0 Å². The molecule has 0 aliphatic heterocycles. The second-order valence-electron chi connectivity index (χ2n) is 6.06. The Kier molecular flexibility index (Phi) is 6.66. The molecule has 2 aromatic rings. The Balaban J connectivity index is 1.84. The first-order valence-electron chi connectivity index (χ1n) is 8.17. The summed E-state index contributed by atoms with van der Waals surface area (Å²) >= 11 is 0. The zero-order valence-corrected chi connectivity index (χ0v) is 14.3. The minimum Gasteiger partial charge on any atom is -0.356 e. The van der Waals surface area contributed by atoms with Crippen molar-refractivity contribution in [3.05, 3.63) is 53.9 Å². The van der Waals surface area contributed by atoms with E-state index in [1.807, 2.05) is 16.9 Å². The van der Waals surface area contributed by atoms with Gasteiger partial charge in [-0.15, -0.1) is 0 Å². The number of rotatable bonds is 7. The molecule has 0 fully saturated rings. The molecule has 0 aliphatic rings. The van der Waals surface area contributed by atoms with E-state index in [1.165, 1.54) is 11.1 Å². The van der Waals surface area contributed by atoms with Crippen LogP contribution in [0, 0.1) is 5.92 Å². The van der Waals surface area contributed by atoms with Crippen molar-refractivity contribution in [2.45, 2.75) is 33.4 Å². The quantitative estimate of drug-likeness (QED) is 0.610. The number of benzene rings is 1. The van der Waals surface area contributed by atoms with Crippen LogP contribution < -0.4 is 10.6 Å². The summed E-state index contributed by atoms with van der Waals surface area (Å²) in [5.74, 6) is 1.54. The zero-order chi connectivity index (χ0) is 16.5. The first-order valence-corrected chi connectivity index (χ1v) is 8.17. The number of nitrogens with zero attached hydrogens (tertiary/aromatic N) is 3. The maximum atomic E-state index is 4.26. The molecular formula is C18H27N5. The topological polar surface area (TPSA) is 54.2 Å². The summed E-state index contributed by atoms with van der Waals surface area (Å²) in [5.41, 5.74) is 2.48. The maximum absolute atomic E-state index is 4.26. The molecule has 0 aliphatic carbocycles. The number of aliphatic imine (C=N–C) groups is 1. The van der Waals surface area contributed by atoms with Gasteiger partial charge in [0.15, 0.2) is 5.96 Å². The second kappa shape index (κ2) is 8.98. The molecular weight excluding hydrogens is 286 g/mol. The van der Waals surface area contributed by atoms with Gasteiger partial charge in [0.05, 0.1) is 6.54 Å². The lowest BCUT2D eigenvalue weighted by molar-refractivity contribution is 0.573. The van der Waals surface area contributed by atoms with Crippen molar-refractivity contribution >= 4 is 5.96 Å². The van der Waals surface area contributed by atoms with Crippen molar-refractivity contribution in [2.24, 2.45) is 10.9 Å². The number of hydrogen-bond acceptors (Lipinski definition) is 2. The molecule has 5 heteroatoms. The van der Waals surface area contributed by atoms with Crippen molar-refractivity contribution in [3.63, 3.8) is 0 Å². The lowest BCUT2D eigenvalue weighted by Crippen LogP contribution is -2.37. The molecule has 1 aromatic carbocycles. The van der Waals surface area contributed by atoms with Crippen LogP contribution in [-0.2, 0) is 13.1 Å². The van der Waals surface area contributed by atoms with E-state index in [0.717, 1.165) is 32.0 Å². The Morgan fingerprint density at radius 2 is 2.04 bits per heavy atom. The van der Waals surface area contributed by atoms with Gasteiger partial charge in [0.1, 0.15) is 0 Å². The third kappa shape index (κ3) is 6.14. The summed E-state index contributed by atoms with van der Waals surface area (Å²) in [6, 6.07) is 10.5. The van der Waals surface area contributed by atoms with E-state index in [4.69, 9.17) is 0 Å². The van der Waals surface area contributed by atoms with Crippen molar-refractivity contribution in [3.8, 4) is 0 Å². The summed E-state index contributed by atoms with van der Waals surface area (Å²) < 4.78 is 1.93. The average Bonchev–Trinajstić information content (AvgIpc) is 3.03. The number of guanidine groups is 1. The van der Waals surface area contributed by atoms with Gasteiger partial charge in [0.2, 0.25) is 0 Å². The Bertz CT molecular complexity index is 602. The Morgan fingerprint density at radius 1 is 1.22 bits per heavy atom. The molecule has 2 rings (SSSR count). The van der Waals surface area contributed by atoms with Crippen molar-refractivity contribution in [2.75, 3.05) is 13.6 Å². The zero-order valence-electron chi connectivity index (χ0n) is 14.3. The summed E-state index contributed by atoms with van der Waals surface area (Å²) in [6.45, 7) is 6.94. The third-order valence-electron chi connectivity index (χ3n) is 3.59. The van der Waals surface area contributed by atoms with Crippen LogP contribution >= 0.6 is 0 Å². The molecule has 1 heterocycles. The molecule has 0 unspecified atom stereocenters. The van der Waals surface area contributed by atoms with E-state index in [0.29, 0.717) is 5.92 Å². The molecule has 0 spiro atoms. The van der Waals surface area contributed by atoms with Gasteiger partial charge in [-0.2, -0.15) is 5.10 Å². The number of hydrogen-bond donors (Lipinski definition) is 2. The lowest BCUT2D eigenvalue weighted by Gasteiger charge is -2.13. The smallest absolute Gasteiger partial charge is 0.191 e. The molecule has 0 atom stereocenters. The van der Waals surface area contributed by atoms with Gasteiger partial charge in [-0.3, -0.25) is 9.67 Å². The second-order valence-corrected chi connectivity index (χ2v) is 6.06. The predicted octanol–water partition coefficient (Wildman–Crippen LogP) is 2.64. The van der Waals surface area contributed by atoms with Gasteiger partial charge in [0.25, 0.3) is 0 Å². The summed E-state index contributed by atoms with van der Waals surface area (Å²) in [5, 5.41) is 11.0. The van der Waals surface area contributed by atoms with Gasteiger partial charge in [0, 0.05) is 32.5 Å². The molecule has 0 bridgehead atoms. The van der Waals surface area contributed by atoms with Crippen molar-refractivity contribution in [1.29, 1.82) is 0 Å². The summed E-state index contributed by atoms with van der Waals surface area (Å²) in [4.78, 5) is 4.26. The summed E-state index contributed by atoms with van der Waals surface area (Å²) in [7, 11) is 1.80. The highest BCUT2D eigenvalue weighted by Gasteiger charge is 2.01. The standard InChI is InChI=1S/C18H27N5/c1-15(2)8-10-20-18(19-3)21-13-16-6-4-7-17(12-16)14-23-11-5-9-22-23/h4-7,9,11-12,15H,8,10,13-14H2,1-3H3,(H2,19,20,21).